The lowest BCUT2D eigenvalue weighted by Gasteiger charge is -2.34. The van der Waals surface area contributed by atoms with Gasteiger partial charge >= 0.3 is 0 Å². The number of benzene rings is 1. The van der Waals surface area contributed by atoms with E-state index in [4.69, 9.17) is 19.7 Å². The van der Waals surface area contributed by atoms with Gasteiger partial charge in [-0.1, -0.05) is 5.16 Å². The molecule has 2 fully saturated rings. The Labute approximate surface area is 157 Å². The zero-order valence-corrected chi connectivity index (χ0v) is 15.9. The topological polar surface area (TPSA) is 121 Å². The van der Waals surface area contributed by atoms with Gasteiger partial charge in [0.05, 0.1) is 36.3 Å². The fraction of sp³-hybridized carbons (Fsp3) is 0.529. The molecule has 10 heteroatoms. The molecule has 2 heterocycles. The number of sulfonamides is 1. The summed E-state index contributed by atoms with van der Waals surface area (Å²) in [5.74, 6) is 1.08. The summed E-state index contributed by atoms with van der Waals surface area (Å²) in [5, 5.41) is 4.00. The van der Waals surface area contributed by atoms with Crippen LogP contribution in [0.3, 0.4) is 0 Å². The standard InChI is InChI=1S/C17H22N4O5S/c1-24-14-4-3-12(27(22,23)21-7-9-25-10-8-21)11-13(14)15-19-16(20-26-15)17(18)5-2-6-17/h3-4,11H,2,5-10,18H2,1H3. The van der Waals surface area contributed by atoms with Gasteiger partial charge in [-0.15, -0.1) is 0 Å². The molecule has 1 saturated carbocycles. The Morgan fingerprint density at radius 1 is 1.26 bits per heavy atom. The lowest BCUT2D eigenvalue weighted by molar-refractivity contribution is 0.0730. The van der Waals surface area contributed by atoms with E-state index in [0.717, 1.165) is 19.3 Å². The smallest absolute Gasteiger partial charge is 0.261 e. The highest BCUT2D eigenvalue weighted by atomic mass is 32.2. The summed E-state index contributed by atoms with van der Waals surface area (Å²) >= 11 is 0. The van der Waals surface area contributed by atoms with Crippen LogP contribution in [-0.4, -0.2) is 56.3 Å². The van der Waals surface area contributed by atoms with Crippen molar-refractivity contribution in [2.45, 2.75) is 29.7 Å². The lowest BCUT2D eigenvalue weighted by Crippen LogP contribution is -2.44. The number of aromatic nitrogens is 2. The molecule has 0 radical (unpaired) electrons. The zero-order chi connectivity index (χ0) is 19.1. The molecular weight excluding hydrogens is 372 g/mol. The molecule has 2 N–H and O–H groups in total. The number of methoxy groups -OCH3 is 1. The normalized spacial score (nSPS) is 20.2. The Bertz CT molecular complexity index is 933. The highest BCUT2D eigenvalue weighted by Crippen LogP contribution is 2.39. The van der Waals surface area contributed by atoms with Gasteiger partial charge in [-0.05, 0) is 37.5 Å². The Morgan fingerprint density at radius 3 is 2.63 bits per heavy atom. The largest absolute Gasteiger partial charge is 0.496 e. The van der Waals surface area contributed by atoms with Gasteiger partial charge in [-0.3, -0.25) is 0 Å². The van der Waals surface area contributed by atoms with Crippen molar-refractivity contribution in [3.63, 3.8) is 0 Å². The molecule has 1 saturated heterocycles. The van der Waals surface area contributed by atoms with Crippen molar-refractivity contribution >= 4 is 10.0 Å². The molecule has 9 nitrogen and oxygen atoms in total. The molecule has 1 aromatic carbocycles. The molecule has 27 heavy (non-hydrogen) atoms. The monoisotopic (exact) mass is 394 g/mol. The zero-order valence-electron chi connectivity index (χ0n) is 15.1. The maximum Gasteiger partial charge on any atom is 0.261 e. The molecule has 0 unspecified atom stereocenters. The van der Waals surface area contributed by atoms with Gasteiger partial charge in [0.2, 0.25) is 10.0 Å². The summed E-state index contributed by atoms with van der Waals surface area (Å²) in [6.07, 6.45) is 2.63. The molecule has 2 aliphatic rings. The predicted molar refractivity (Wildman–Crippen MR) is 95.6 cm³/mol. The SMILES string of the molecule is COc1ccc(S(=O)(=O)N2CCOCC2)cc1-c1nc(C2(N)CCC2)no1. The Kier molecular flexibility index (Phi) is 4.66. The van der Waals surface area contributed by atoms with Crippen molar-refractivity contribution in [1.29, 1.82) is 0 Å². The first-order valence-corrected chi connectivity index (χ1v) is 10.3. The van der Waals surface area contributed by atoms with Gasteiger partial charge in [-0.2, -0.15) is 9.29 Å². The minimum atomic E-state index is -3.65. The molecule has 0 amide bonds. The van der Waals surface area contributed by atoms with Crippen molar-refractivity contribution < 1.29 is 22.4 Å². The molecule has 146 valence electrons. The van der Waals surface area contributed by atoms with Crippen molar-refractivity contribution in [3.8, 4) is 17.2 Å². The summed E-state index contributed by atoms with van der Waals surface area (Å²) in [5.41, 5.74) is 6.11. The maximum absolute atomic E-state index is 12.9. The van der Waals surface area contributed by atoms with Crippen molar-refractivity contribution in [3.05, 3.63) is 24.0 Å². The second kappa shape index (κ2) is 6.86. The van der Waals surface area contributed by atoms with Crippen LogP contribution in [0.1, 0.15) is 25.1 Å². The molecule has 0 spiro atoms. The molecule has 1 aliphatic heterocycles. The second-order valence-electron chi connectivity index (χ2n) is 6.81. The minimum Gasteiger partial charge on any atom is -0.496 e. The Balaban J connectivity index is 1.71. The van der Waals surface area contributed by atoms with Crippen LogP contribution in [0, 0.1) is 0 Å². The lowest BCUT2D eigenvalue weighted by atomic mass is 9.77. The van der Waals surface area contributed by atoms with E-state index in [2.05, 4.69) is 10.1 Å². The second-order valence-corrected chi connectivity index (χ2v) is 8.75. The molecule has 4 rings (SSSR count). The maximum atomic E-state index is 12.9. The minimum absolute atomic E-state index is 0.144. The van der Waals surface area contributed by atoms with Gasteiger partial charge in [0.15, 0.2) is 5.82 Å². The summed E-state index contributed by atoms with van der Waals surface area (Å²) in [4.78, 5) is 4.55. The summed E-state index contributed by atoms with van der Waals surface area (Å²) < 4.78 is 43.3. The van der Waals surface area contributed by atoms with E-state index in [1.54, 1.807) is 6.07 Å². The van der Waals surface area contributed by atoms with Crippen LogP contribution in [-0.2, 0) is 20.3 Å². The molecule has 0 atom stereocenters. The molecule has 0 bridgehead atoms. The van der Waals surface area contributed by atoms with Crippen molar-refractivity contribution in [1.82, 2.24) is 14.4 Å². The summed E-state index contributed by atoms with van der Waals surface area (Å²) in [6, 6.07) is 4.61. The Morgan fingerprint density at radius 2 is 2.00 bits per heavy atom. The van der Waals surface area contributed by atoms with Gasteiger partial charge in [0.25, 0.3) is 5.89 Å². The third-order valence-electron chi connectivity index (χ3n) is 5.13. The van der Waals surface area contributed by atoms with Gasteiger partial charge < -0.3 is 19.7 Å². The molecule has 1 aromatic heterocycles. The number of hydrogen-bond donors (Lipinski definition) is 1. The van der Waals surface area contributed by atoms with Crippen LogP contribution < -0.4 is 10.5 Å². The van der Waals surface area contributed by atoms with Crippen LogP contribution >= 0.6 is 0 Å². The highest BCUT2D eigenvalue weighted by molar-refractivity contribution is 7.89. The van der Waals surface area contributed by atoms with Crippen LogP contribution in [0.25, 0.3) is 11.5 Å². The molecular formula is C17H22N4O5S. The number of rotatable bonds is 5. The fourth-order valence-corrected chi connectivity index (χ4v) is 4.70. The van der Waals surface area contributed by atoms with Crippen LogP contribution in [0.2, 0.25) is 0 Å². The highest BCUT2D eigenvalue weighted by Gasteiger charge is 2.39. The first kappa shape index (κ1) is 18.4. The number of ether oxygens (including phenoxy) is 2. The van der Waals surface area contributed by atoms with E-state index < -0.39 is 15.6 Å². The third kappa shape index (κ3) is 3.22. The number of nitrogens with zero attached hydrogens (tertiary/aromatic N) is 3. The van der Waals surface area contributed by atoms with E-state index in [0.29, 0.717) is 43.4 Å². The average Bonchev–Trinajstić information content (AvgIpc) is 3.16. The van der Waals surface area contributed by atoms with Crippen molar-refractivity contribution in [2.24, 2.45) is 5.73 Å². The first-order valence-electron chi connectivity index (χ1n) is 8.83. The Hall–Kier alpha value is -2.01. The van der Waals surface area contributed by atoms with Crippen LogP contribution in [0.15, 0.2) is 27.6 Å². The number of morpholine rings is 1. The number of nitrogens with two attached hydrogens (primary N) is 1. The van der Waals surface area contributed by atoms with E-state index in [-0.39, 0.29) is 10.8 Å². The van der Waals surface area contributed by atoms with Crippen molar-refractivity contribution in [2.75, 3.05) is 33.4 Å². The quantitative estimate of drug-likeness (QED) is 0.800. The fourth-order valence-electron chi connectivity index (χ4n) is 3.27. The third-order valence-corrected chi connectivity index (χ3v) is 7.02. The van der Waals surface area contributed by atoms with Crippen LogP contribution in [0.5, 0.6) is 5.75 Å². The van der Waals surface area contributed by atoms with Gasteiger partial charge in [-0.25, -0.2) is 8.42 Å². The van der Waals surface area contributed by atoms with E-state index >= 15 is 0 Å². The van der Waals surface area contributed by atoms with Gasteiger partial charge in [0, 0.05) is 13.1 Å². The first-order chi connectivity index (χ1) is 12.9. The predicted octanol–water partition coefficient (Wildman–Crippen LogP) is 1.10. The molecule has 1 aliphatic carbocycles. The van der Waals surface area contributed by atoms with E-state index in [1.807, 2.05) is 0 Å². The van der Waals surface area contributed by atoms with Crippen LogP contribution in [0.4, 0.5) is 0 Å². The van der Waals surface area contributed by atoms with E-state index in [1.165, 1.54) is 23.5 Å². The molecule has 2 aromatic rings. The summed E-state index contributed by atoms with van der Waals surface area (Å²) in [7, 11) is -2.15. The average molecular weight is 394 g/mol. The number of hydrogen-bond acceptors (Lipinski definition) is 8. The summed E-state index contributed by atoms with van der Waals surface area (Å²) in [6.45, 7) is 1.41. The van der Waals surface area contributed by atoms with Gasteiger partial charge in [0.1, 0.15) is 5.75 Å². The van der Waals surface area contributed by atoms with E-state index in [9.17, 15) is 8.42 Å².